The Morgan fingerprint density at radius 3 is 2.45 bits per heavy atom. The van der Waals surface area contributed by atoms with Crippen LogP contribution in [-0.2, 0) is 20.8 Å². The van der Waals surface area contributed by atoms with Gasteiger partial charge < -0.3 is 25.7 Å². The lowest BCUT2D eigenvalue weighted by Crippen LogP contribution is -2.56. The van der Waals surface area contributed by atoms with Crippen molar-refractivity contribution in [1.82, 2.24) is 26.3 Å². The number of hydrogen-bond donors (Lipinski definition) is 4. The van der Waals surface area contributed by atoms with Crippen molar-refractivity contribution in [1.29, 1.82) is 0 Å². The van der Waals surface area contributed by atoms with Gasteiger partial charge in [-0.05, 0) is 30.7 Å². The number of aromatic nitrogens is 1. The molecular formula is C28H39N5O5. The first-order valence-corrected chi connectivity index (χ1v) is 13.1. The van der Waals surface area contributed by atoms with Crippen molar-refractivity contribution < 1.29 is 23.6 Å². The highest BCUT2D eigenvalue weighted by molar-refractivity contribution is 5.93. The van der Waals surface area contributed by atoms with Gasteiger partial charge in [-0.2, -0.15) is 0 Å². The van der Waals surface area contributed by atoms with Crippen molar-refractivity contribution in [3.05, 3.63) is 53.7 Å². The molecule has 0 radical (unpaired) electrons. The molecule has 4 N–H and O–H groups in total. The van der Waals surface area contributed by atoms with E-state index in [-0.39, 0.29) is 29.3 Å². The molecule has 10 heteroatoms. The number of carbonyl (C=O) groups excluding carboxylic acids is 4. The standard InChI is InChI=1S/C28H39N5O5/c1-17(2)22-25(36)30-20(15-18-11-7-6-8-12-18)26-31-21(16-38-26)23(34)29-14-10-9-13-19(24(35)33-22)32-27(37)28(3,4)5/h6-8,11-12,16-17,19-20,22H,9-10,13-15H2,1-5H3,(H,29,34)(H,30,36)(H,32,37)(H,33,35)/t19-,20+,22-/m0/s1. The van der Waals surface area contributed by atoms with Crippen LogP contribution in [0.15, 0.2) is 41.0 Å². The summed E-state index contributed by atoms with van der Waals surface area (Å²) >= 11 is 0. The van der Waals surface area contributed by atoms with E-state index in [1.165, 1.54) is 6.26 Å². The number of hydrogen-bond acceptors (Lipinski definition) is 6. The molecule has 1 aliphatic rings. The van der Waals surface area contributed by atoms with Crippen molar-refractivity contribution in [3.63, 3.8) is 0 Å². The summed E-state index contributed by atoms with van der Waals surface area (Å²) in [5.74, 6) is -1.51. The molecular weight excluding hydrogens is 486 g/mol. The highest BCUT2D eigenvalue weighted by Crippen LogP contribution is 2.20. The Balaban J connectivity index is 1.91. The van der Waals surface area contributed by atoms with Gasteiger partial charge in [-0.15, -0.1) is 0 Å². The summed E-state index contributed by atoms with van der Waals surface area (Å²) in [4.78, 5) is 56.5. The van der Waals surface area contributed by atoms with Gasteiger partial charge in [-0.3, -0.25) is 19.2 Å². The van der Waals surface area contributed by atoms with Crippen LogP contribution in [0.4, 0.5) is 0 Å². The molecule has 1 aromatic heterocycles. The molecule has 1 aliphatic heterocycles. The van der Waals surface area contributed by atoms with E-state index < -0.39 is 35.4 Å². The fourth-order valence-electron chi connectivity index (χ4n) is 4.06. The number of oxazole rings is 1. The minimum absolute atomic E-state index is 0.128. The van der Waals surface area contributed by atoms with Gasteiger partial charge in [0, 0.05) is 18.4 Å². The largest absolute Gasteiger partial charge is 0.446 e. The third-order valence-electron chi connectivity index (χ3n) is 6.41. The molecule has 1 aromatic carbocycles. The molecule has 38 heavy (non-hydrogen) atoms. The molecule has 3 atom stereocenters. The molecule has 0 fully saturated rings. The van der Waals surface area contributed by atoms with E-state index in [1.54, 1.807) is 20.8 Å². The van der Waals surface area contributed by atoms with Crippen molar-refractivity contribution in [3.8, 4) is 0 Å². The topological polar surface area (TPSA) is 142 Å². The highest BCUT2D eigenvalue weighted by atomic mass is 16.3. The van der Waals surface area contributed by atoms with Gasteiger partial charge in [-0.1, -0.05) is 65.0 Å². The molecule has 206 valence electrons. The minimum Gasteiger partial charge on any atom is -0.446 e. The number of amides is 4. The van der Waals surface area contributed by atoms with Crippen LogP contribution < -0.4 is 21.3 Å². The minimum atomic E-state index is -0.861. The molecule has 0 unspecified atom stereocenters. The van der Waals surface area contributed by atoms with Gasteiger partial charge in [-0.25, -0.2) is 4.98 Å². The number of nitrogens with zero attached hydrogens (tertiary/aromatic N) is 1. The van der Waals surface area contributed by atoms with Crippen molar-refractivity contribution in [2.45, 2.75) is 78.4 Å². The van der Waals surface area contributed by atoms with Crippen molar-refractivity contribution in [2.75, 3.05) is 6.54 Å². The maximum atomic E-state index is 13.5. The monoisotopic (exact) mass is 525 g/mol. The molecule has 0 saturated heterocycles. The average molecular weight is 526 g/mol. The van der Waals surface area contributed by atoms with Crippen LogP contribution in [0.5, 0.6) is 0 Å². The smallest absolute Gasteiger partial charge is 0.273 e. The second-order valence-corrected chi connectivity index (χ2v) is 11.1. The van der Waals surface area contributed by atoms with E-state index >= 15 is 0 Å². The number of benzene rings is 1. The lowest BCUT2D eigenvalue weighted by Gasteiger charge is -2.28. The predicted molar refractivity (Wildman–Crippen MR) is 142 cm³/mol. The normalized spacial score (nSPS) is 21.8. The molecule has 0 spiro atoms. The van der Waals surface area contributed by atoms with Crippen LogP contribution in [0.2, 0.25) is 0 Å². The number of rotatable bonds is 4. The molecule has 0 saturated carbocycles. The Morgan fingerprint density at radius 2 is 1.79 bits per heavy atom. The first-order valence-electron chi connectivity index (χ1n) is 13.1. The Hall–Kier alpha value is -3.69. The maximum absolute atomic E-state index is 13.5. The van der Waals surface area contributed by atoms with E-state index in [0.717, 1.165) is 5.56 Å². The van der Waals surface area contributed by atoms with Crippen molar-refractivity contribution in [2.24, 2.45) is 11.3 Å². The second kappa shape index (κ2) is 12.7. The van der Waals surface area contributed by atoms with Crippen molar-refractivity contribution >= 4 is 23.6 Å². The molecule has 2 aromatic rings. The Labute approximate surface area is 223 Å². The lowest BCUT2D eigenvalue weighted by molar-refractivity contribution is -0.135. The van der Waals surface area contributed by atoms with Gasteiger partial charge in [0.25, 0.3) is 5.91 Å². The highest BCUT2D eigenvalue weighted by Gasteiger charge is 2.33. The molecule has 2 bridgehead atoms. The molecule has 4 amide bonds. The van der Waals surface area contributed by atoms with Crippen LogP contribution in [-0.4, -0.2) is 47.2 Å². The summed E-state index contributed by atoms with van der Waals surface area (Å²) in [5.41, 5.74) is 0.381. The van der Waals surface area contributed by atoms with E-state index in [0.29, 0.717) is 32.2 Å². The summed E-state index contributed by atoms with van der Waals surface area (Å²) < 4.78 is 5.63. The van der Waals surface area contributed by atoms with Gasteiger partial charge in [0.15, 0.2) is 5.69 Å². The van der Waals surface area contributed by atoms with E-state index in [2.05, 4.69) is 26.3 Å². The predicted octanol–water partition coefficient (Wildman–Crippen LogP) is 2.66. The van der Waals surface area contributed by atoms with Gasteiger partial charge in [0.05, 0.1) is 0 Å². The Kier molecular flexibility index (Phi) is 9.66. The second-order valence-electron chi connectivity index (χ2n) is 11.1. The third-order valence-corrected chi connectivity index (χ3v) is 6.41. The summed E-state index contributed by atoms with van der Waals surface area (Å²) in [6.07, 6.45) is 3.19. The summed E-state index contributed by atoms with van der Waals surface area (Å²) in [6, 6.07) is 7.18. The van der Waals surface area contributed by atoms with E-state index in [4.69, 9.17) is 4.42 Å². The SMILES string of the molecule is CC(C)[C@@H]1NC(=O)[C@@H](NC(=O)C(C)(C)C)CCCCNC(=O)c2coc(n2)[C@@H](Cc2ccccc2)NC1=O. The zero-order valence-corrected chi connectivity index (χ0v) is 22.8. The van der Waals surface area contributed by atoms with Crippen LogP contribution in [0.25, 0.3) is 0 Å². The van der Waals surface area contributed by atoms with Crippen LogP contribution in [0.1, 0.15) is 81.9 Å². The Bertz CT molecular complexity index is 1120. The quantitative estimate of drug-likeness (QED) is 0.483. The van der Waals surface area contributed by atoms with Crippen LogP contribution >= 0.6 is 0 Å². The maximum Gasteiger partial charge on any atom is 0.273 e. The lowest BCUT2D eigenvalue weighted by atomic mass is 9.94. The summed E-state index contributed by atoms with van der Waals surface area (Å²) in [6.45, 7) is 9.38. The van der Waals surface area contributed by atoms with Crippen LogP contribution in [0, 0.1) is 11.3 Å². The number of carbonyl (C=O) groups is 4. The third kappa shape index (κ3) is 7.90. The molecule has 10 nitrogen and oxygen atoms in total. The average Bonchev–Trinajstić information content (AvgIpc) is 3.35. The summed E-state index contributed by atoms with van der Waals surface area (Å²) in [5, 5.41) is 11.5. The van der Waals surface area contributed by atoms with Crippen LogP contribution in [0.3, 0.4) is 0 Å². The molecule has 0 aliphatic carbocycles. The fraction of sp³-hybridized carbons (Fsp3) is 0.536. The Morgan fingerprint density at radius 1 is 1.08 bits per heavy atom. The van der Waals surface area contributed by atoms with E-state index in [1.807, 2.05) is 44.2 Å². The van der Waals surface area contributed by atoms with Gasteiger partial charge in [0.2, 0.25) is 23.6 Å². The first-order chi connectivity index (χ1) is 18.0. The van der Waals surface area contributed by atoms with Gasteiger partial charge in [0.1, 0.15) is 24.4 Å². The first kappa shape index (κ1) is 28.9. The van der Waals surface area contributed by atoms with Gasteiger partial charge >= 0.3 is 0 Å². The fourth-order valence-corrected chi connectivity index (χ4v) is 4.06. The molecule has 3 rings (SSSR count). The zero-order valence-electron chi connectivity index (χ0n) is 22.8. The zero-order chi connectivity index (χ0) is 27.9. The number of nitrogens with one attached hydrogen (secondary N) is 4. The molecule has 2 heterocycles. The van der Waals surface area contributed by atoms with E-state index in [9.17, 15) is 19.2 Å². The number of fused-ring (bicyclic) bond motifs is 2. The summed E-state index contributed by atoms with van der Waals surface area (Å²) in [7, 11) is 0.